The average molecular weight is 925 g/mol. The van der Waals surface area contributed by atoms with Gasteiger partial charge in [-0.3, -0.25) is 19.9 Å². The maximum atomic E-state index is 11.9. The zero-order valence-electron chi connectivity index (χ0n) is 39.5. The Balaban J connectivity index is 0.000000152. The number of carbonyl (C=O) groups is 2. The second-order valence-corrected chi connectivity index (χ2v) is 18.9. The highest BCUT2D eigenvalue weighted by molar-refractivity contribution is 5.70. The van der Waals surface area contributed by atoms with Crippen molar-refractivity contribution in [1.29, 1.82) is 0 Å². The minimum absolute atomic E-state index is 0.0442. The Morgan fingerprint density at radius 2 is 1.10 bits per heavy atom. The van der Waals surface area contributed by atoms with Gasteiger partial charge >= 0.3 is 12.2 Å². The smallest absolute Gasteiger partial charge is 0.410 e. The van der Waals surface area contributed by atoms with Gasteiger partial charge in [-0.15, -0.1) is 0 Å². The van der Waals surface area contributed by atoms with Crippen molar-refractivity contribution in [3.05, 3.63) is 91.6 Å². The lowest BCUT2D eigenvalue weighted by molar-refractivity contribution is -0.116. The molecule has 0 unspecified atom stereocenters. The van der Waals surface area contributed by atoms with E-state index in [1.807, 2.05) is 60.9 Å². The summed E-state index contributed by atoms with van der Waals surface area (Å²) in [5.41, 5.74) is 25.3. The van der Waals surface area contributed by atoms with Crippen LogP contribution in [0.2, 0.25) is 0 Å². The van der Waals surface area contributed by atoms with Gasteiger partial charge < -0.3 is 65.7 Å². The molecule has 0 radical (unpaired) electrons. The highest BCUT2D eigenvalue weighted by atomic mass is 16.6. The van der Waals surface area contributed by atoms with Gasteiger partial charge in [0.25, 0.3) is 0 Å². The summed E-state index contributed by atoms with van der Waals surface area (Å²) in [6.07, 6.45) is 17.5. The Morgan fingerprint density at radius 1 is 0.627 bits per heavy atom. The number of carbonyl (C=O) groups excluding carboxylic acids is 2. The SMILES string of the molecule is CC(C)(C)OC(=O)N1CC(Oc2ccncc2N)C1.CC(C)(C)OC(=O)N1CC2(CC(Oc3ccncc3N)C2)C1.COc1cc(C)ncc1N.Nc1cnccc1O[C@@H]1Cc2nccn2C1. The summed E-state index contributed by atoms with van der Waals surface area (Å²) in [6.45, 7) is 16.4. The molecule has 8 N–H and O–H groups in total. The van der Waals surface area contributed by atoms with Gasteiger partial charge in [-0.05, 0) is 61.3 Å². The van der Waals surface area contributed by atoms with E-state index in [0.717, 1.165) is 50.4 Å². The predicted molar refractivity (Wildman–Crippen MR) is 252 cm³/mol. The van der Waals surface area contributed by atoms with Crippen LogP contribution in [0.5, 0.6) is 23.0 Å². The van der Waals surface area contributed by atoms with Gasteiger partial charge in [0.15, 0.2) is 0 Å². The number of nitrogens with zero attached hydrogens (tertiary/aromatic N) is 8. The second kappa shape index (κ2) is 20.9. The summed E-state index contributed by atoms with van der Waals surface area (Å²) in [4.78, 5) is 47.0. The molecule has 360 valence electrons. The third-order valence-electron chi connectivity index (χ3n) is 10.7. The Labute approximate surface area is 391 Å². The zero-order valence-corrected chi connectivity index (χ0v) is 39.5. The quantitative estimate of drug-likeness (QED) is 0.147. The van der Waals surface area contributed by atoms with Crippen molar-refractivity contribution in [3.8, 4) is 23.0 Å². The minimum atomic E-state index is -0.474. The molecule has 1 saturated carbocycles. The van der Waals surface area contributed by atoms with E-state index in [0.29, 0.717) is 58.8 Å². The number of nitrogens with two attached hydrogens (primary N) is 4. The molecule has 0 bridgehead atoms. The molecule has 5 aromatic rings. The number of imidazole rings is 1. The number of nitrogen functional groups attached to an aromatic ring is 4. The summed E-state index contributed by atoms with van der Waals surface area (Å²) in [7, 11) is 1.59. The van der Waals surface area contributed by atoms with E-state index in [1.165, 1.54) is 0 Å². The summed E-state index contributed by atoms with van der Waals surface area (Å²) >= 11 is 0. The van der Waals surface area contributed by atoms with E-state index in [1.54, 1.807) is 84.6 Å². The lowest BCUT2D eigenvalue weighted by atomic mass is 9.62. The van der Waals surface area contributed by atoms with Crippen LogP contribution in [-0.2, 0) is 22.4 Å². The number of ether oxygens (including phenoxy) is 6. The number of aromatic nitrogens is 6. The van der Waals surface area contributed by atoms with E-state index in [9.17, 15) is 9.59 Å². The fraction of sp³-hybridized carbons (Fsp3) is 0.468. The van der Waals surface area contributed by atoms with Crippen LogP contribution in [-0.4, -0.2) is 114 Å². The summed E-state index contributed by atoms with van der Waals surface area (Å²) in [5, 5.41) is 0. The first-order chi connectivity index (χ1) is 31.7. The van der Waals surface area contributed by atoms with Crippen molar-refractivity contribution in [3.63, 3.8) is 0 Å². The largest absolute Gasteiger partial charge is 0.494 e. The molecule has 4 aliphatic rings. The highest BCUT2D eigenvalue weighted by Crippen LogP contribution is 2.50. The van der Waals surface area contributed by atoms with E-state index in [4.69, 9.17) is 51.4 Å². The molecule has 2 amide bonds. The maximum absolute atomic E-state index is 11.9. The number of fused-ring (bicyclic) bond motifs is 1. The lowest BCUT2D eigenvalue weighted by Crippen LogP contribution is -2.66. The highest BCUT2D eigenvalue weighted by Gasteiger charge is 2.55. The van der Waals surface area contributed by atoms with Crippen molar-refractivity contribution in [2.75, 3.05) is 56.2 Å². The minimum Gasteiger partial charge on any atom is -0.494 e. The maximum Gasteiger partial charge on any atom is 0.410 e. The van der Waals surface area contributed by atoms with Gasteiger partial charge in [0.1, 0.15) is 58.3 Å². The van der Waals surface area contributed by atoms with Gasteiger partial charge in [-0.1, -0.05) is 0 Å². The van der Waals surface area contributed by atoms with Crippen LogP contribution in [0.25, 0.3) is 0 Å². The van der Waals surface area contributed by atoms with E-state index in [-0.39, 0.29) is 35.9 Å². The number of anilines is 4. The van der Waals surface area contributed by atoms with Gasteiger partial charge in [0, 0.05) is 85.9 Å². The number of pyridine rings is 4. The molecular formula is C47H64N12O8. The molecule has 1 spiro atoms. The number of aryl methyl sites for hydroxylation is 1. The van der Waals surface area contributed by atoms with Gasteiger partial charge in [0.2, 0.25) is 0 Å². The van der Waals surface area contributed by atoms with Crippen molar-refractivity contribution in [1.82, 2.24) is 39.3 Å². The standard InChI is InChI=1S/C16H23N3O3.C13H19N3O3.C11H12N4O.C7H10N2O/c1-15(2,3)22-14(20)19-9-16(10-19)6-11(7-16)21-13-4-5-18-8-12(13)17;1-13(2,3)19-12(17)16-7-9(8-16)18-11-4-5-15-6-10(11)14;12-9-6-13-2-1-10(9)16-8-5-11-14-3-4-15(11)7-8;1-5-3-7(10-2)6(8)4-9-5/h4-5,8,11H,6-7,9-10,17H2,1-3H3;4-6,9H,7-8,14H2,1-3H3;1-4,6,8H,5,7,12H2;3-4H,8H2,1-2H3/t;;8-;/m..1./s1. The van der Waals surface area contributed by atoms with Crippen molar-refractivity contribution < 1.29 is 38.0 Å². The van der Waals surface area contributed by atoms with Crippen LogP contribution >= 0.6 is 0 Å². The molecule has 0 aromatic carbocycles. The van der Waals surface area contributed by atoms with Crippen LogP contribution in [0.4, 0.5) is 32.3 Å². The van der Waals surface area contributed by atoms with Crippen molar-refractivity contribution in [2.45, 2.75) is 104 Å². The topological polar surface area (TPSA) is 269 Å². The summed E-state index contributed by atoms with van der Waals surface area (Å²) in [5.74, 6) is 3.75. The number of amides is 2. The fourth-order valence-electron chi connectivity index (χ4n) is 7.48. The van der Waals surface area contributed by atoms with Crippen LogP contribution in [0.1, 0.15) is 65.9 Å². The molecule has 1 aliphatic carbocycles. The van der Waals surface area contributed by atoms with Gasteiger partial charge in [-0.2, -0.15) is 0 Å². The van der Waals surface area contributed by atoms with Gasteiger partial charge in [0.05, 0.1) is 74.3 Å². The van der Waals surface area contributed by atoms with Crippen molar-refractivity contribution >= 4 is 34.9 Å². The monoisotopic (exact) mass is 924 g/mol. The number of rotatable bonds is 7. The molecule has 9 rings (SSSR count). The third-order valence-corrected chi connectivity index (χ3v) is 10.7. The molecule has 2 saturated heterocycles. The molecule has 3 aliphatic heterocycles. The number of methoxy groups -OCH3 is 1. The number of hydrogen-bond acceptors (Lipinski definition) is 17. The summed E-state index contributed by atoms with van der Waals surface area (Å²) < 4.78 is 35.1. The molecule has 8 heterocycles. The second-order valence-electron chi connectivity index (χ2n) is 18.9. The molecule has 67 heavy (non-hydrogen) atoms. The van der Waals surface area contributed by atoms with Crippen LogP contribution < -0.4 is 41.9 Å². The predicted octanol–water partition coefficient (Wildman–Crippen LogP) is 5.95. The summed E-state index contributed by atoms with van der Waals surface area (Å²) in [6, 6.07) is 7.09. The lowest BCUT2D eigenvalue weighted by Gasteiger charge is -2.58. The van der Waals surface area contributed by atoms with E-state index < -0.39 is 11.2 Å². The molecule has 1 atom stereocenters. The Bertz CT molecular complexity index is 2410. The molecule has 3 fully saturated rings. The van der Waals surface area contributed by atoms with E-state index in [2.05, 4.69) is 29.5 Å². The normalized spacial score (nSPS) is 16.9. The number of hydrogen-bond donors (Lipinski definition) is 4. The molecular weight excluding hydrogens is 861 g/mol. The number of likely N-dealkylation sites (tertiary alicyclic amines) is 2. The van der Waals surface area contributed by atoms with Crippen LogP contribution in [0, 0.1) is 12.3 Å². The molecule has 20 heteroatoms. The third kappa shape index (κ3) is 13.9. The van der Waals surface area contributed by atoms with Crippen LogP contribution in [0.3, 0.4) is 0 Å². The Hall–Kier alpha value is -7.25. The first kappa shape index (κ1) is 49.2. The molecule has 20 nitrogen and oxygen atoms in total. The van der Waals surface area contributed by atoms with Crippen LogP contribution in [0.15, 0.2) is 80.0 Å². The molecule has 5 aromatic heterocycles. The Morgan fingerprint density at radius 3 is 1.57 bits per heavy atom. The van der Waals surface area contributed by atoms with Gasteiger partial charge in [-0.25, -0.2) is 14.6 Å². The zero-order chi connectivity index (χ0) is 48.5. The fourth-order valence-corrected chi connectivity index (χ4v) is 7.48. The Kier molecular flexibility index (Phi) is 15.4. The first-order valence-corrected chi connectivity index (χ1v) is 22.0. The first-order valence-electron chi connectivity index (χ1n) is 22.0. The van der Waals surface area contributed by atoms with E-state index >= 15 is 0 Å². The van der Waals surface area contributed by atoms with Crippen molar-refractivity contribution in [2.24, 2.45) is 5.41 Å². The average Bonchev–Trinajstić information content (AvgIpc) is 3.81.